The third-order valence-electron chi connectivity index (χ3n) is 4.83. The third-order valence-corrected chi connectivity index (χ3v) is 7.50. The molecule has 0 aliphatic carbocycles. The van der Waals surface area contributed by atoms with E-state index in [1.54, 1.807) is 30.5 Å². The van der Waals surface area contributed by atoms with E-state index in [9.17, 15) is 13.2 Å². The first-order valence-corrected chi connectivity index (χ1v) is 11.5. The van der Waals surface area contributed by atoms with Crippen molar-refractivity contribution in [1.29, 1.82) is 0 Å². The van der Waals surface area contributed by atoms with E-state index in [2.05, 4.69) is 31.0 Å². The quantitative estimate of drug-likeness (QED) is 0.636. The lowest BCUT2D eigenvalue weighted by Crippen LogP contribution is -2.41. The van der Waals surface area contributed by atoms with Crippen molar-refractivity contribution < 1.29 is 13.2 Å². The number of nitrogens with zero attached hydrogens (tertiary/aromatic N) is 2. The molecule has 7 heteroatoms. The highest BCUT2D eigenvalue weighted by atomic mass is 32.2. The van der Waals surface area contributed by atoms with Crippen molar-refractivity contribution >= 4 is 27.3 Å². The van der Waals surface area contributed by atoms with Gasteiger partial charge in [-0.2, -0.15) is 0 Å². The number of fused-ring (bicyclic) bond motifs is 1. The summed E-state index contributed by atoms with van der Waals surface area (Å²) in [5, 5.41) is 0.813. The number of thiazole rings is 1. The summed E-state index contributed by atoms with van der Waals surface area (Å²) in [6.45, 7) is 4.30. The van der Waals surface area contributed by atoms with Crippen LogP contribution in [0.15, 0.2) is 54.7 Å². The van der Waals surface area contributed by atoms with E-state index < -0.39 is 15.9 Å². The number of aromatic nitrogens is 1. The van der Waals surface area contributed by atoms with E-state index in [1.165, 1.54) is 16.9 Å². The van der Waals surface area contributed by atoms with E-state index in [-0.39, 0.29) is 12.3 Å². The third kappa shape index (κ3) is 3.47. The molecule has 0 radical (unpaired) electrons. The minimum atomic E-state index is -3.69. The number of carbonyl (C=O) groups excluding carboxylic acids is 1. The van der Waals surface area contributed by atoms with E-state index in [0.29, 0.717) is 17.0 Å². The number of carbonyl (C=O) groups is 1. The molecule has 2 aromatic carbocycles. The molecule has 4 rings (SSSR count). The van der Waals surface area contributed by atoms with Crippen molar-refractivity contribution in [3.8, 4) is 10.6 Å². The predicted molar refractivity (Wildman–Crippen MR) is 111 cm³/mol. The van der Waals surface area contributed by atoms with Gasteiger partial charge in [-0.05, 0) is 23.1 Å². The van der Waals surface area contributed by atoms with E-state index in [4.69, 9.17) is 0 Å². The standard InChI is InChI=1S/C21H20N2O3S2/c1-14(2)15-7-9-16(10-8-15)20-22-11-18(27-20)12-23-21(24)19-6-4-3-5-17(19)13-28(23,25)26/h3-11,14H,12-13H2,1-2H3. The topological polar surface area (TPSA) is 67.3 Å². The minimum Gasteiger partial charge on any atom is -0.268 e. The second-order valence-corrected chi connectivity index (χ2v) is 10.1. The van der Waals surface area contributed by atoms with Gasteiger partial charge in [-0.15, -0.1) is 11.3 Å². The number of rotatable bonds is 4. The highest BCUT2D eigenvalue weighted by Gasteiger charge is 2.35. The molecule has 0 bridgehead atoms. The van der Waals surface area contributed by atoms with Crippen LogP contribution in [0.4, 0.5) is 0 Å². The summed E-state index contributed by atoms with van der Waals surface area (Å²) >= 11 is 1.41. The SMILES string of the molecule is CC(C)c1ccc(-c2ncc(CN3C(=O)c4ccccc4CS3(=O)=O)s2)cc1. The summed E-state index contributed by atoms with van der Waals surface area (Å²) in [4.78, 5) is 17.9. The smallest absolute Gasteiger partial charge is 0.268 e. The van der Waals surface area contributed by atoms with Gasteiger partial charge in [0, 0.05) is 22.2 Å². The second-order valence-electron chi connectivity index (χ2n) is 7.13. The molecular weight excluding hydrogens is 392 g/mol. The Morgan fingerprint density at radius 1 is 1.11 bits per heavy atom. The molecule has 0 spiro atoms. The Balaban J connectivity index is 1.59. The van der Waals surface area contributed by atoms with Gasteiger partial charge in [-0.1, -0.05) is 56.3 Å². The minimum absolute atomic E-state index is 0.0112. The van der Waals surface area contributed by atoms with E-state index in [0.717, 1.165) is 19.8 Å². The molecule has 0 fully saturated rings. The van der Waals surface area contributed by atoms with Gasteiger partial charge < -0.3 is 0 Å². The lowest BCUT2D eigenvalue weighted by Gasteiger charge is -2.27. The maximum atomic E-state index is 12.7. The van der Waals surface area contributed by atoms with Crippen LogP contribution in [0.2, 0.25) is 0 Å². The molecule has 0 unspecified atom stereocenters. The zero-order chi connectivity index (χ0) is 19.9. The van der Waals surface area contributed by atoms with Crippen LogP contribution >= 0.6 is 11.3 Å². The van der Waals surface area contributed by atoms with Gasteiger partial charge >= 0.3 is 0 Å². The summed E-state index contributed by atoms with van der Waals surface area (Å²) < 4.78 is 26.2. The Kier molecular flexibility index (Phi) is 4.81. The highest BCUT2D eigenvalue weighted by molar-refractivity contribution is 7.89. The van der Waals surface area contributed by atoms with Crippen LogP contribution in [0.25, 0.3) is 10.6 Å². The van der Waals surface area contributed by atoms with E-state index in [1.807, 2.05) is 12.1 Å². The van der Waals surface area contributed by atoms with Crippen molar-refractivity contribution in [1.82, 2.24) is 9.29 Å². The number of benzene rings is 2. The molecular formula is C21H20N2O3S2. The van der Waals surface area contributed by atoms with Crippen LogP contribution < -0.4 is 0 Å². The predicted octanol–water partition coefficient (Wildman–Crippen LogP) is 4.42. The molecule has 3 aromatic rings. The number of sulfonamides is 1. The molecule has 5 nitrogen and oxygen atoms in total. The largest absolute Gasteiger partial charge is 0.268 e. The summed E-state index contributed by atoms with van der Waals surface area (Å²) in [6, 6.07) is 15.1. The molecule has 28 heavy (non-hydrogen) atoms. The lowest BCUT2D eigenvalue weighted by atomic mass is 10.0. The van der Waals surface area contributed by atoms with Gasteiger partial charge in [0.1, 0.15) is 5.01 Å². The Bertz CT molecular complexity index is 1130. The first-order chi connectivity index (χ1) is 13.3. The Morgan fingerprint density at radius 3 is 2.54 bits per heavy atom. The summed E-state index contributed by atoms with van der Waals surface area (Å²) in [5.74, 6) is -0.172. The zero-order valence-electron chi connectivity index (χ0n) is 15.6. The first kappa shape index (κ1) is 18.8. The highest BCUT2D eigenvalue weighted by Crippen LogP contribution is 2.30. The zero-order valence-corrected chi connectivity index (χ0v) is 17.3. The molecule has 1 aliphatic rings. The molecule has 1 aromatic heterocycles. The first-order valence-electron chi connectivity index (χ1n) is 9.03. The van der Waals surface area contributed by atoms with Gasteiger partial charge in [0.05, 0.1) is 12.3 Å². The maximum absolute atomic E-state index is 12.7. The van der Waals surface area contributed by atoms with Crippen LogP contribution in [0.1, 0.15) is 46.1 Å². The number of hydrogen-bond acceptors (Lipinski definition) is 5. The molecule has 1 aliphatic heterocycles. The van der Waals surface area contributed by atoms with Crippen LogP contribution in [0, 0.1) is 0 Å². The van der Waals surface area contributed by atoms with Gasteiger partial charge in [-0.25, -0.2) is 17.7 Å². The van der Waals surface area contributed by atoms with Crippen LogP contribution in [0.5, 0.6) is 0 Å². The van der Waals surface area contributed by atoms with Crippen LogP contribution in [0.3, 0.4) is 0 Å². The van der Waals surface area contributed by atoms with Crippen molar-refractivity contribution in [2.75, 3.05) is 0 Å². The van der Waals surface area contributed by atoms with Crippen LogP contribution in [-0.2, 0) is 22.3 Å². The van der Waals surface area contributed by atoms with Crippen molar-refractivity contribution in [3.05, 3.63) is 76.3 Å². The Morgan fingerprint density at radius 2 is 1.82 bits per heavy atom. The Labute approximate surface area is 168 Å². The lowest BCUT2D eigenvalue weighted by molar-refractivity contribution is 0.0850. The monoisotopic (exact) mass is 412 g/mol. The van der Waals surface area contributed by atoms with Crippen molar-refractivity contribution in [3.63, 3.8) is 0 Å². The average molecular weight is 413 g/mol. The summed E-state index contributed by atoms with van der Waals surface area (Å²) in [5.41, 5.74) is 3.24. The molecule has 0 atom stereocenters. The summed E-state index contributed by atoms with van der Waals surface area (Å²) in [7, 11) is -3.69. The average Bonchev–Trinajstić information content (AvgIpc) is 3.13. The van der Waals surface area contributed by atoms with Crippen LogP contribution in [-0.4, -0.2) is 23.6 Å². The molecule has 0 N–H and O–H groups in total. The molecule has 144 valence electrons. The number of hydrogen-bond donors (Lipinski definition) is 0. The molecule has 2 heterocycles. The maximum Gasteiger partial charge on any atom is 0.268 e. The van der Waals surface area contributed by atoms with Gasteiger partial charge in [0.25, 0.3) is 5.91 Å². The fourth-order valence-corrected chi connectivity index (χ4v) is 5.70. The van der Waals surface area contributed by atoms with E-state index >= 15 is 0 Å². The second kappa shape index (κ2) is 7.14. The fraction of sp³-hybridized carbons (Fsp3) is 0.238. The molecule has 0 saturated carbocycles. The summed E-state index contributed by atoms with van der Waals surface area (Å²) in [6.07, 6.45) is 1.65. The Hall–Kier alpha value is -2.51. The van der Waals surface area contributed by atoms with Gasteiger partial charge in [0.2, 0.25) is 10.0 Å². The number of amides is 1. The van der Waals surface area contributed by atoms with Gasteiger partial charge in [-0.3, -0.25) is 4.79 Å². The van der Waals surface area contributed by atoms with Crippen molar-refractivity contribution in [2.24, 2.45) is 0 Å². The fourth-order valence-electron chi connectivity index (χ4n) is 3.23. The normalized spacial score (nSPS) is 15.7. The van der Waals surface area contributed by atoms with Gasteiger partial charge in [0.15, 0.2) is 0 Å². The van der Waals surface area contributed by atoms with Crippen molar-refractivity contribution in [2.45, 2.75) is 32.1 Å². The molecule has 1 amide bonds. The molecule has 0 saturated heterocycles.